The Morgan fingerprint density at radius 2 is 0.944 bits per heavy atom. The molecule has 0 radical (unpaired) electrons. The number of rotatable bonds is 6. The quantitative estimate of drug-likeness (QED) is 0.157. The van der Waals surface area contributed by atoms with Crippen molar-refractivity contribution in [2.24, 2.45) is 0 Å². The normalized spacial score (nSPS) is 15.0. The van der Waals surface area contributed by atoms with Gasteiger partial charge < -0.3 is 4.90 Å². The summed E-state index contributed by atoms with van der Waals surface area (Å²) >= 11 is 0. The second-order valence-corrected chi connectivity index (χ2v) is 15.2. The summed E-state index contributed by atoms with van der Waals surface area (Å²) in [5, 5.41) is 0. The zero-order chi connectivity index (χ0) is 36.6. The molecule has 258 valence electrons. The van der Waals surface area contributed by atoms with Crippen molar-refractivity contribution in [2.75, 3.05) is 4.90 Å². The van der Waals surface area contributed by atoms with Crippen molar-refractivity contribution in [1.82, 2.24) is 0 Å². The summed E-state index contributed by atoms with van der Waals surface area (Å²) in [6.45, 7) is 10.8. The first-order chi connectivity index (χ1) is 26.5. The molecule has 1 spiro atoms. The van der Waals surface area contributed by atoms with E-state index in [1.54, 1.807) is 0 Å². The molecule has 7 aromatic rings. The van der Waals surface area contributed by atoms with Gasteiger partial charge in [-0.25, -0.2) is 0 Å². The molecular weight excluding hydrogens is 651 g/mol. The molecule has 0 saturated heterocycles. The molecule has 3 aliphatic carbocycles. The van der Waals surface area contributed by atoms with E-state index in [0.29, 0.717) is 0 Å². The molecule has 54 heavy (non-hydrogen) atoms. The highest BCUT2D eigenvalue weighted by Crippen LogP contribution is 2.63. The molecule has 0 N–H and O–H groups in total. The van der Waals surface area contributed by atoms with Gasteiger partial charge in [0.1, 0.15) is 0 Å². The molecule has 0 amide bonds. The van der Waals surface area contributed by atoms with Crippen LogP contribution in [0.4, 0.5) is 17.1 Å². The molecule has 0 aliphatic heterocycles. The molecule has 10 rings (SSSR count). The van der Waals surface area contributed by atoms with Gasteiger partial charge in [-0.15, -0.1) is 0 Å². The van der Waals surface area contributed by atoms with Gasteiger partial charge in [0.25, 0.3) is 0 Å². The lowest BCUT2D eigenvalue weighted by Gasteiger charge is -2.33. The average molecular weight is 692 g/mol. The van der Waals surface area contributed by atoms with Gasteiger partial charge in [0.2, 0.25) is 0 Å². The predicted octanol–water partition coefficient (Wildman–Crippen LogP) is 14.0. The highest BCUT2D eigenvalue weighted by atomic mass is 15.1. The van der Waals surface area contributed by atoms with Gasteiger partial charge in [-0.05, 0) is 110 Å². The lowest BCUT2D eigenvalue weighted by atomic mass is 9.70. The Morgan fingerprint density at radius 3 is 1.50 bits per heavy atom. The van der Waals surface area contributed by atoms with Crippen molar-refractivity contribution in [1.29, 1.82) is 0 Å². The van der Waals surface area contributed by atoms with Gasteiger partial charge >= 0.3 is 0 Å². The van der Waals surface area contributed by atoms with Crippen LogP contribution < -0.4 is 4.90 Å². The standard InChI is InChI=1S/C53H41N/c1-5-7-18-35(6-2)38-19-12-17-28-51(38)54(36-29-31-43-39-20-8-13-24-45(39)52(3,4)49(43)33-36)37-30-32-44-42-23-11-16-27-48(42)53(50(44)34-37)46-25-14-9-21-40(46)41-22-10-15-26-47(41)53/h5-34H,1H2,2-4H3/b18-7-,35-6+. The zero-order valence-electron chi connectivity index (χ0n) is 31.0. The molecule has 0 bridgehead atoms. The number of allylic oxidation sites excluding steroid dienone is 5. The fourth-order valence-electron chi connectivity index (χ4n) is 9.91. The van der Waals surface area contributed by atoms with E-state index < -0.39 is 5.41 Å². The molecule has 1 heteroatoms. The minimum absolute atomic E-state index is 0.130. The lowest BCUT2D eigenvalue weighted by Crippen LogP contribution is -2.26. The predicted molar refractivity (Wildman–Crippen MR) is 228 cm³/mol. The fraction of sp³-hybridized carbons (Fsp3) is 0.0943. The third kappa shape index (κ3) is 4.33. The molecule has 1 nitrogen and oxygen atoms in total. The Morgan fingerprint density at radius 1 is 0.500 bits per heavy atom. The van der Waals surface area contributed by atoms with E-state index in [2.05, 4.69) is 202 Å². The van der Waals surface area contributed by atoms with E-state index >= 15 is 0 Å². The number of nitrogens with zero attached hydrogens (tertiary/aromatic N) is 1. The van der Waals surface area contributed by atoms with Crippen molar-refractivity contribution in [3.8, 4) is 33.4 Å². The summed E-state index contributed by atoms with van der Waals surface area (Å²) in [7, 11) is 0. The smallest absolute Gasteiger partial charge is 0.0726 e. The maximum Gasteiger partial charge on any atom is 0.0726 e. The number of fused-ring (bicyclic) bond motifs is 13. The van der Waals surface area contributed by atoms with E-state index in [9.17, 15) is 0 Å². The Kier molecular flexibility index (Phi) is 7.19. The number of hydrogen-bond donors (Lipinski definition) is 0. The highest BCUT2D eigenvalue weighted by Gasteiger charge is 2.51. The first kappa shape index (κ1) is 32.2. The average Bonchev–Trinajstić information content (AvgIpc) is 3.77. The Bertz CT molecular complexity index is 2670. The Balaban J connectivity index is 1.26. The van der Waals surface area contributed by atoms with Gasteiger partial charge in [-0.1, -0.05) is 172 Å². The first-order valence-corrected chi connectivity index (χ1v) is 19.0. The van der Waals surface area contributed by atoms with Crippen LogP contribution >= 0.6 is 0 Å². The van der Waals surface area contributed by atoms with Crippen molar-refractivity contribution in [2.45, 2.75) is 31.6 Å². The van der Waals surface area contributed by atoms with Crippen molar-refractivity contribution in [3.63, 3.8) is 0 Å². The molecule has 0 fully saturated rings. The van der Waals surface area contributed by atoms with E-state index in [1.807, 2.05) is 12.2 Å². The van der Waals surface area contributed by atoms with E-state index in [1.165, 1.54) is 66.8 Å². The molecule has 7 aromatic carbocycles. The third-order valence-electron chi connectivity index (χ3n) is 12.2. The van der Waals surface area contributed by atoms with E-state index in [4.69, 9.17) is 0 Å². The van der Waals surface area contributed by atoms with Gasteiger partial charge in [0.15, 0.2) is 0 Å². The van der Waals surface area contributed by atoms with Crippen LogP contribution in [-0.2, 0) is 10.8 Å². The summed E-state index contributed by atoms with van der Waals surface area (Å²) < 4.78 is 0. The molecule has 0 unspecified atom stereocenters. The molecule has 0 heterocycles. The van der Waals surface area contributed by atoms with Gasteiger partial charge in [0, 0.05) is 22.4 Å². The highest BCUT2D eigenvalue weighted by molar-refractivity contribution is 5.97. The zero-order valence-corrected chi connectivity index (χ0v) is 31.0. The van der Waals surface area contributed by atoms with E-state index in [-0.39, 0.29) is 5.41 Å². The van der Waals surface area contributed by atoms with Crippen LogP contribution in [0.25, 0.3) is 39.0 Å². The number of benzene rings is 7. The lowest BCUT2D eigenvalue weighted by molar-refractivity contribution is 0.660. The molecule has 0 atom stereocenters. The summed E-state index contributed by atoms with van der Waals surface area (Å²) in [6, 6.07) is 59.2. The van der Waals surface area contributed by atoms with Crippen LogP contribution in [0.15, 0.2) is 189 Å². The summed E-state index contributed by atoms with van der Waals surface area (Å²) in [6.07, 6.45) is 8.23. The Hall–Kier alpha value is -6.44. The molecule has 0 saturated carbocycles. The fourth-order valence-corrected chi connectivity index (χ4v) is 9.91. The number of anilines is 3. The monoisotopic (exact) mass is 691 g/mol. The molecular formula is C53H41N. The van der Waals surface area contributed by atoms with Crippen molar-refractivity contribution in [3.05, 3.63) is 228 Å². The van der Waals surface area contributed by atoms with Crippen LogP contribution in [0.2, 0.25) is 0 Å². The first-order valence-electron chi connectivity index (χ1n) is 19.0. The van der Waals surface area contributed by atoms with Crippen LogP contribution in [0.1, 0.15) is 59.7 Å². The van der Waals surface area contributed by atoms with Crippen molar-refractivity contribution < 1.29 is 0 Å². The van der Waals surface area contributed by atoms with Crippen LogP contribution in [-0.4, -0.2) is 0 Å². The minimum atomic E-state index is -0.428. The SMILES string of the molecule is C=C/C=C\C(=C/C)c1ccccc1N(c1ccc2c(c1)C(C)(C)c1ccccc1-2)c1ccc2c(c1)C1(c3ccccc3-c3ccccc31)c1ccccc1-2. The van der Waals surface area contributed by atoms with Gasteiger partial charge in [-0.2, -0.15) is 0 Å². The molecule has 3 aliphatic rings. The van der Waals surface area contributed by atoms with Crippen LogP contribution in [0.5, 0.6) is 0 Å². The summed E-state index contributed by atoms with van der Waals surface area (Å²) in [5.41, 5.74) is 21.1. The van der Waals surface area contributed by atoms with Crippen LogP contribution in [0.3, 0.4) is 0 Å². The molecule has 0 aromatic heterocycles. The van der Waals surface area contributed by atoms with Crippen molar-refractivity contribution >= 4 is 22.6 Å². The maximum absolute atomic E-state index is 3.97. The topological polar surface area (TPSA) is 3.24 Å². The van der Waals surface area contributed by atoms with E-state index in [0.717, 1.165) is 28.2 Å². The minimum Gasteiger partial charge on any atom is -0.310 e. The summed E-state index contributed by atoms with van der Waals surface area (Å²) in [5.74, 6) is 0. The second-order valence-electron chi connectivity index (χ2n) is 15.2. The van der Waals surface area contributed by atoms with Gasteiger partial charge in [0.05, 0.1) is 11.1 Å². The maximum atomic E-state index is 3.97. The largest absolute Gasteiger partial charge is 0.310 e. The number of hydrogen-bond acceptors (Lipinski definition) is 1. The van der Waals surface area contributed by atoms with Crippen LogP contribution in [0, 0.1) is 0 Å². The summed E-state index contributed by atoms with van der Waals surface area (Å²) in [4.78, 5) is 2.49. The number of para-hydroxylation sites is 1. The van der Waals surface area contributed by atoms with Gasteiger partial charge in [-0.3, -0.25) is 0 Å². The third-order valence-corrected chi connectivity index (χ3v) is 12.2. The second kappa shape index (κ2) is 12.0. The Labute approximate surface area is 318 Å².